The van der Waals surface area contributed by atoms with Gasteiger partial charge in [-0.3, -0.25) is 4.79 Å². The fourth-order valence-corrected chi connectivity index (χ4v) is 2.71. The summed E-state index contributed by atoms with van der Waals surface area (Å²) in [7, 11) is 2.12. The molecule has 0 aliphatic carbocycles. The number of hydrogen-bond donors (Lipinski definition) is 0. The molecule has 1 spiro atoms. The highest BCUT2D eigenvalue weighted by Gasteiger charge is 2.50. The van der Waals surface area contributed by atoms with Crippen LogP contribution in [0, 0.1) is 5.41 Å². The van der Waals surface area contributed by atoms with Crippen LogP contribution in [0.4, 0.5) is 0 Å². The van der Waals surface area contributed by atoms with Crippen LogP contribution in [0.25, 0.3) is 0 Å². The lowest BCUT2D eigenvalue weighted by molar-refractivity contribution is -0.129. The Balaban J connectivity index is 2.03. The highest BCUT2D eigenvalue weighted by molar-refractivity contribution is 5.80. The second-order valence-electron chi connectivity index (χ2n) is 4.96. The lowest BCUT2D eigenvalue weighted by Crippen LogP contribution is -2.55. The van der Waals surface area contributed by atoms with E-state index < -0.39 is 0 Å². The van der Waals surface area contributed by atoms with Crippen LogP contribution in [0.2, 0.25) is 0 Å². The molecule has 2 aliphatic rings. The average molecular weight is 182 g/mol. The van der Waals surface area contributed by atoms with E-state index in [9.17, 15) is 4.79 Å². The molecule has 2 fully saturated rings. The maximum Gasteiger partial charge on any atom is 0.223 e. The molecule has 0 unspecified atom stereocenters. The minimum Gasteiger partial charge on any atom is -0.340 e. The van der Waals surface area contributed by atoms with Gasteiger partial charge in [-0.25, -0.2) is 0 Å². The van der Waals surface area contributed by atoms with Crippen molar-refractivity contribution in [3.63, 3.8) is 0 Å². The van der Waals surface area contributed by atoms with Crippen molar-refractivity contribution in [1.29, 1.82) is 0 Å². The van der Waals surface area contributed by atoms with Gasteiger partial charge in [-0.2, -0.15) is 0 Å². The molecular weight excluding hydrogens is 164 g/mol. The van der Waals surface area contributed by atoms with Gasteiger partial charge in [0.05, 0.1) is 0 Å². The van der Waals surface area contributed by atoms with E-state index in [2.05, 4.69) is 25.8 Å². The third-order valence-electron chi connectivity index (χ3n) is 3.19. The summed E-state index contributed by atoms with van der Waals surface area (Å²) < 4.78 is 0. The van der Waals surface area contributed by atoms with E-state index in [0.29, 0.717) is 17.4 Å². The van der Waals surface area contributed by atoms with E-state index in [1.54, 1.807) is 0 Å². The van der Waals surface area contributed by atoms with E-state index in [1.165, 1.54) is 0 Å². The minimum absolute atomic E-state index is 0.316. The van der Waals surface area contributed by atoms with Gasteiger partial charge in [-0.1, -0.05) is 0 Å². The molecule has 0 aromatic carbocycles. The smallest absolute Gasteiger partial charge is 0.223 e. The first-order valence-corrected chi connectivity index (χ1v) is 5.00. The highest BCUT2D eigenvalue weighted by Crippen LogP contribution is 2.39. The highest BCUT2D eigenvalue weighted by atomic mass is 16.2. The SMILES string of the molecule is CC(C)N1CC2(CC1=O)CN(C)C2. The Bertz CT molecular complexity index is 231. The van der Waals surface area contributed by atoms with Crippen molar-refractivity contribution in [2.75, 3.05) is 26.7 Å². The first kappa shape index (κ1) is 9.00. The average Bonchev–Trinajstić information content (AvgIpc) is 2.26. The third kappa shape index (κ3) is 1.35. The normalized spacial score (nSPS) is 27.4. The van der Waals surface area contributed by atoms with Crippen LogP contribution >= 0.6 is 0 Å². The summed E-state index contributed by atoms with van der Waals surface area (Å²) in [5, 5.41) is 0. The summed E-state index contributed by atoms with van der Waals surface area (Å²) in [4.78, 5) is 15.9. The van der Waals surface area contributed by atoms with Gasteiger partial charge in [0.2, 0.25) is 5.91 Å². The minimum atomic E-state index is 0.316. The molecule has 2 saturated heterocycles. The Labute approximate surface area is 79.7 Å². The molecule has 0 radical (unpaired) electrons. The molecule has 1 amide bonds. The van der Waals surface area contributed by atoms with Crippen molar-refractivity contribution in [1.82, 2.24) is 9.80 Å². The van der Waals surface area contributed by atoms with Crippen molar-refractivity contribution < 1.29 is 4.79 Å². The largest absolute Gasteiger partial charge is 0.340 e. The Kier molecular flexibility index (Phi) is 1.88. The molecule has 0 atom stereocenters. The number of rotatable bonds is 1. The molecule has 0 saturated carbocycles. The molecule has 74 valence electrons. The van der Waals surface area contributed by atoms with E-state index in [4.69, 9.17) is 0 Å². The summed E-state index contributed by atoms with van der Waals surface area (Å²) >= 11 is 0. The van der Waals surface area contributed by atoms with Crippen molar-refractivity contribution in [3.8, 4) is 0 Å². The molecule has 2 rings (SSSR count). The zero-order valence-electron chi connectivity index (χ0n) is 8.71. The second-order valence-corrected chi connectivity index (χ2v) is 4.96. The zero-order chi connectivity index (χ0) is 9.64. The Hall–Kier alpha value is -0.570. The van der Waals surface area contributed by atoms with Gasteiger partial charge in [0, 0.05) is 37.5 Å². The maximum atomic E-state index is 11.6. The van der Waals surface area contributed by atoms with Crippen LogP contribution in [-0.2, 0) is 4.79 Å². The molecule has 0 aromatic heterocycles. The quantitative estimate of drug-likeness (QED) is 0.591. The number of carbonyl (C=O) groups is 1. The fourth-order valence-electron chi connectivity index (χ4n) is 2.71. The first-order chi connectivity index (χ1) is 6.02. The van der Waals surface area contributed by atoms with E-state index in [1.807, 2.05) is 4.90 Å². The van der Waals surface area contributed by atoms with Gasteiger partial charge in [-0.05, 0) is 20.9 Å². The predicted octanol–water partition coefficient (Wildman–Crippen LogP) is 0.559. The summed E-state index contributed by atoms with van der Waals surface area (Å²) in [6.45, 7) is 7.37. The Morgan fingerprint density at radius 1 is 1.31 bits per heavy atom. The molecule has 0 N–H and O–H groups in total. The van der Waals surface area contributed by atoms with Crippen LogP contribution in [-0.4, -0.2) is 48.4 Å². The van der Waals surface area contributed by atoms with E-state index in [-0.39, 0.29) is 0 Å². The lowest BCUT2D eigenvalue weighted by Gasteiger charge is -2.45. The van der Waals surface area contributed by atoms with Gasteiger partial charge < -0.3 is 9.80 Å². The van der Waals surface area contributed by atoms with E-state index >= 15 is 0 Å². The fraction of sp³-hybridized carbons (Fsp3) is 0.900. The summed E-state index contributed by atoms with van der Waals surface area (Å²) in [5.41, 5.74) is 0.316. The molecule has 13 heavy (non-hydrogen) atoms. The van der Waals surface area contributed by atoms with Gasteiger partial charge in [0.1, 0.15) is 0 Å². The molecular formula is C10H18N2O. The Morgan fingerprint density at radius 2 is 1.92 bits per heavy atom. The summed E-state index contributed by atoms with van der Waals surface area (Å²) in [6, 6.07) is 0.373. The monoisotopic (exact) mass is 182 g/mol. The van der Waals surface area contributed by atoms with Crippen molar-refractivity contribution in [3.05, 3.63) is 0 Å². The van der Waals surface area contributed by atoms with Crippen molar-refractivity contribution in [2.45, 2.75) is 26.3 Å². The number of nitrogens with zero attached hydrogens (tertiary/aromatic N) is 2. The first-order valence-electron chi connectivity index (χ1n) is 5.00. The molecule has 0 bridgehead atoms. The maximum absolute atomic E-state index is 11.6. The van der Waals surface area contributed by atoms with Crippen LogP contribution in [0.5, 0.6) is 0 Å². The lowest BCUT2D eigenvalue weighted by atomic mass is 9.79. The predicted molar refractivity (Wildman–Crippen MR) is 51.4 cm³/mol. The Morgan fingerprint density at radius 3 is 2.31 bits per heavy atom. The number of carbonyl (C=O) groups excluding carboxylic acids is 1. The van der Waals surface area contributed by atoms with Crippen LogP contribution in [0.15, 0.2) is 0 Å². The number of amides is 1. The molecule has 3 heteroatoms. The standard InChI is InChI=1S/C10H18N2O/c1-8(2)12-7-10(4-9(12)13)5-11(3)6-10/h8H,4-7H2,1-3H3. The van der Waals surface area contributed by atoms with Crippen molar-refractivity contribution >= 4 is 5.91 Å². The third-order valence-corrected chi connectivity index (χ3v) is 3.19. The molecule has 2 aliphatic heterocycles. The zero-order valence-corrected chi connectivity index (χ0v) is 8.71. The molecule has 3 nitrogen and oxygen atoms in total. The van der Waals surface area contributed by atoms with Crippen LogP contribution in [0.3, 0.4) is 0 Å². The second kappa shape index (κ2) is 2.71. The number of hydrogen-bond acceptors (Lipinski definition) is 2. The van der Waals surface area contributed by atoms with Crippen LogP contribution in [0.1, 0.15) is 20.3 Å². The van der Waals surface area contributed by atoms with Crippen molar-refractivity contribution in [2.24, 2.45) is 5.41 Å². The van der Waals surface area contributed by atoms with Gasteiger partial charge in [0.15, 0.2) is 0 Å². The van der Waals surface area contributed by atoms with Gasteiger partial charge in [0.25, 0.3) is 0 Å². The van der Waals surface area contributed by atoms with Gasteiger partial charge >= 0.3 is 0 Å². The molecule has 2 heterocycles. The van der Waals surface area contributed by atoms with Crippen LogP contribution < -0.4 is 0 Å². The summed E-state index contributed by atoms with van der Waals surface area (Å²) in [5.74, 6) is 0.350. The topological polar surface area (TPSA) is 23.6 Å². The van der Waals surface area contributed by atoms with Gasteiger partial charge in [-0.15, -0.1) is 0 Å². The number of likely N-dealkylation sites (tertiary alicyclic amines) is 2. The summed E-state index contributed by atoms with van der Waals surface area (Å²) in [6.07, 6.45) is 0.773. The molecule has 0 aromatic rings. The van der Waals surface area contributed by atoms with E-state index in [0.717, 1.165) is 26.1 Å².